The first-order chi connectivity index (χ1) is 11.6. The highest BCUT2D eigenvalue weighted by Gasteiger charge is 2.35. The number of nitrogens with zero attached hydrogens (tertiary/aromatic N) is 3. The Morgan fingerprint density at radius 1 is 1.42 bits per heavy atom. The van der Waals surface area contributed by atoms with Crippen LogP contribution in [0.15, 0.2) is 30.3 Å². The molecule has 1 saturated heterocycles. The monoisotopic (exact) mass is 345 g/mol. The number of hydrogen-bond acceptors (Lipinski definition) is 4. The van der Waals surface area contributed by atoms with Crippen molar-refractivity contribution in [1.82, 2.24) is 20.1 Å². The molecule has 0 saturated carbocycles. The van der Waals surface area contributed by atoms with Crippen molar-refractivity contribution in [2.75, 3.05) is 11.4 Å². The Morgan fingerprint density at radius 2 is 2.17 bits per heavy atom. The van der Waals surface area contributed by atoms with Crippen LogP contribution in [0.5, 0.6) is 0 Å². The third-order valence-electron chi connectivity index (χ3n) is 4.14. The van der Waals surface area contributed by atoms with Gasteiger partial charge in [0.25, 0.3) is 0 Å². The van der Waals surface area contributed by atoms with Gasteiger partial charge in [0, 0.05) is 25.2 Å². The van der Waals surface area contributed by atoms with Crippen molar-refractivity contribution in [1.29, 1.82) is 0 Å². The topological polar surface area (TPSA) is 83.0 Å². The molecule has 1 aliphatic heterocycles. The Kier molecular flexibility index (Phi) is 4.75. The molecule has 0 bridgehead atoms. The molecule has 2 N–H and O–H groups in total. The highest BCUT2D eigenvalue weighted by Crippen LogP contribution is 2.24. The fourth-order valence-corrected chi connectivity index (χ4v) is 3.14. The van der Waals surface area contributed by atoms with Crippen molar-refractivity contribution in [3.63, 3.8) is 0 Å². The summed E-state index contributed by atoms with van der Waals surface area (Å²) in [6, 6.07) is 9.40. The summed E-state index contributed by atoms with van der Waals surface area (Å²) in [5.74, 6) is 0.158. The normalized spacial score (nSPS) is 17.3. The van der Waals surface area contributed by atoms with Gasteiger partial charge in [-0.05, 0) is 31.3 Å². The van der Waals surface area contributed by atoms with Gasteiger partial charge in [0.05, 0.1) is 12.5 Å². The molecular formula is C16H19N5O2S. The molecule has 2 amide bonds. The maximum absolute atomic E-state index is 12.4. The number of nitrogens with one attached hydrogen (secondary N) is 2. The van der Waals surface area contributed by atoms with E-state index in [-0.39, 0.29) is 30.7 Å². The zero-order chi connectivity index (χ0) is 17.1. The van der Waals surface area contributed by atoms with Crippen LogP contribution in [0.2, 0.25) is 0 Å². The Bertz CT molecular complexity index is 798. The van der Waals surface area contributed by atoms with E-state index in [0.29, 0.717) is 23.7 Å². The number of aromatic amines is 1. The van der Waals surface area contributed by atoms with Gasteiger partial charge in [-0.3, -0.25) is 14.7 Å². The van der Waals surface area contributed by atoms with Gasteiger partial charge in [0.15, 0.2) is 10.6 Å². The van der Waals surface area contributed by atoms with Crippen LogP contribution in [-0.4, -0.2) is 33.1 Å². The molecule has 1 fully saturated rings. The van der Waals surface area contributed by atoms with Gasteiger partial charge in [-0.25, -0.2) is 0 Å². The fraction of sp³-hybridized carbons (Fsp3) is 0.375. The number of hydrogen-bond donors (Lipinski definition) is 2. The minimum absolute atomic E-state index is 0.0300. The molecule has 1 aromatic heterocycles. The fourth-order valence-electron chi connectivity index (χ4n) is 2.86. The third kappa shape index (κ3) is 3.23. The van der Waals surface area contributed by atoms with Gasteiger partial charge in [-0.1, -0.05) is 18.2 Å². The van der Waals surface area contributed by atoms with Crippen LogP contribution in [0.4, 0.5) is 5.69 Å². The van der Waals surface area contributed by atoms with Crippen LogP contribution in [-0.2, 0) is 22.7 Å². The van der Waals surface area contributed by atoms with E-state index < -0.39 is 0 Å². The minimum Gasteiger partial charge on any atom is -0.348 e. The molecule has 2 heterocycles. The van der Waals surface area contributed by atoms with Crippen molar-refractivity contribution in [2.45, 2.75) is 26.4 Å². The van der Waals surface area contributed by atoms with Crippen molar-refractivity contribution in [3.05, 3.63) is 40.9 Å². The number of amides is 2. The summed E-state index contributed by atoms with van der Waals surface area (Å²) in [6.45, 7) is 3.33. The molecular weight excluding hydrogens is 326 g/mol. The van der Waals surface area contributed by atoms with E-state index in [1.807, 2.05) is 41.8 Å². The van der Waals surface area contributed by atoms with Gasteiger partial charge < -0.3 is 14.8 Å². The van der Waals surface area contributed by atoms with Gasteiger partial charge in [-0.2, -0.15) is 5.10 Å². The number of H-pyrrole nitrogens is 1. The average molecular weight is 345 g/mol. The van der Waals surface area contributed by atoms with Gasteiger partial charge in [-0.15, -0.1) is 0 Å². The number of carbonyl (C=O) groups is 2. The predicted octanol–water partition coefficient (Wildman–Crippen LogP) is 1.63. The van der Waals surface area contributed by atoms with E-state index >= 15 is 0 Å². The van der Waals surface area contributed by atoms with Crippen LogP contribution < -0.4 is 10.2 Å². The lowest BCUT2D eigenvalue weighted by atomic mass is 10.1. The second-order valence-electron chi connectivity index (χ2n) is 5.65. The van der Waals surface area contributed by atoms with Crippen LogP contribution in [0.3, 0.4) is 0 Å². The lowest BCUT2D eigenvalue weighted by Gasteiger charge is -2.16. The van der Waals surface area contributed by atoms with E-state index in [2.05, 4.69) is 15.5 Å². The first-order valence-electron chi connectivity index (χ1n) is 7.87. The molecule has 3 rings (SSSR count). The molecule has 0 aliphatic carbocycles. The van der Waals surface area contributed by atoms with Gasteiger partial charge in [0.1, 0.15) is 0 Å². The number of rotatable bonds is 5. The number of benzene rings is 1. The Morgan fingerprint density at radius 3 is 2.88 bits per heavy atom. The highest BCUT2D eigenvalue weighted by atomic mass is 32.1. The van der Waals surface area contributed by atoms with Crippen LogP contribution in [0, 0.1) is 10.7 Å². The molecule has 8 heteroatoms. The molecule has 0 spiro atoms. The van der Waals surface area contributed by atoms with Crippen molar-refractivity contribution >= 4 is 29.7 Å². The summed E-state index contributed by atoms with van der Waals surface area (Å²) in [7, 11) is 0. The second-order valence-corrected chi connectivity index (χ2v) is 6.03. The smallest absolute Gasteiger partial charge is 0.227 e. The number of anilines is 1. The maximum atomic E-state index is 12.4. The molecule has 126 valence electrons. The van der Waals surface area contributed by atoms with E-state index in [0.717, 1.165) is 5.69 Å². The maximum Gasteiger partial charge on any atom is 0.227 e. The second kappa shape index (κ2) is 6.96. The average Bonchev–Trinajstić information content (AvgIpc) is 3.16. The quantitative estimate of drug-likeness (QED) is 0.807. The number of para-hydroxylation sites is 1. The van der Waals surface area contributed by atoms with Crippen LogP contribution in [0.25, 0.3) is 0 Å². The lowest BCUT2D eigenvalue weighted by Crippen LogP contribution is -2.33. The van der Waals surface area contributed by atoms with Crippen LogP contribution >= 0.6 is 12.2 Å². The van der Waals surface area contributed by atoms with E-state index in [1.165, 1.54) is 0 Å². The SMILES string of the molecule is CCn1c(CNC(=O)[C@@H]2CC(=O)N(c3ccccc3)C2)n[nH]c1=S. The summed E-state index contributed by atoms with van der Waals surface area (Å²) in [5, 5.41) is 9.69. The molecule has 2 aromatic rings. The van der Waals surface area contributed by atoms with Crippen LogP contribution in [0.1, 0.15) is 19.2 Å². The Labute approximate surface area is 144 Å². The Hall–Kier alpha value is -2.48. The molecule has 1 atom stereocenters. The van der Waals surface area contributed by atoms with Crippen molar-refractivity contribution in [3.8, 4) is 0 Å². The predicted molar refractivity (Wildman–Crippen MR) is 91.8 cm³/mol. The third-order valence-corrected chi connectivity index (χ3v) is 4.45. The lowest BCUT2D eigenvalue weighted by molar-refractivity contribution is -0.126. The minimum atomic E-state index is -0.352. The largest absolute Gasteiger partial charge is 0.348 e. The number of aromatic nitrogens is 3. The zero-order valence-corrected chi connectivity index (χ0v) is 14.2. The van der Waals surface area contributed by atoms with E-state index in [4.69, 9.17) is 12.2 Å². The number of carbonyl (C=O) groups excluding carboxylic acids is 2. The molecule has 7 nitrogen and oxygen atoms in total. The summed E-state index contributed by atoms with van der Waals surface area (Å²) >= 11 is 5.13. The first kappa shape index (κ1) is 16.4. The van der Waals surface area contributed by atoms with Crippen molar-refractivity contribution in [2.24, 2.45) is 5.92 Å². The molecule has 1 aliphatic rings. The first-order valence-corrected chi connectivity index (χ1v) is 8.28. The summed E-state index contributed by atoms with van der Waals surface area (Å²) < 4.78 is 2.36. The summed E-state index contributed by atoms with van der Waals surface area (Å²) in [4.78, 5) is 26.2. The van der Waals surface area contributed by atoms with E-state index in [9.17, 15) is 9.59 Å². The standard InChI is InChI=1S/C16H19N5O2S/c1-2-20-13(18-19-16(20)24)9-17-15(23)11-8-14(22)21(10-11)12-6-4-3-5-7-12/h3-7,11H,2,8-10H2,1H3,(H,17,23)(H,19,24)/t11-/m1/s1. The van der Waals surface area contributed by atoms with Gasteiger partial charge in [0.2, 0.25) is 11.8 Å². The molecule has 1 aromatic carbocycles. The zero-order valence-electron chi connectivity index (χ0n) is 13.4. The Balaban J connectivity index is 1.62. The van der Waals surface area contributed by atoms with Gasteiger partial charge >= 0.3 is 0 Å². The molecule has 0 unspecified atom stereocenters. The molecule has 0 radical (unpaired) electrons. The van der Waals surface area contributed by atoms with Crippen molar-refractivity contribution < 1.29 is 9.59 Å². The molecule has 24 heavy (non-hydrogen) atoms. The highest BCUT2D eigenvalue weighted by molar-refractivity contribution is 7.71. The summed E-state index contributed by atoms with van der Waals surface area (Å²) in [5.41, 5.74) is 0.824. The summed E-state index contributed by atoms with van der Waals surface area (Å²) in [6.07, 6.45) is 0.224. The van der Waals surface area contributed by atoms with E-state index in [1.54, 1.807) is 4.90 Å².